The van der Waals surface area contributed by atoms with Crippen LogP contribution in [0.2, 0.25) is 0 Å². The van der Waals surface area contributed by atoms with Crippen molar-refractivity contribution in [3.63, 3.8) is 0 Å². The number of anilines is 2. The highest BCUT2D eigenvalue weighted by Gasteiger charge is 2.29. The lowest BCUT2D eigenvalue weighted by Crippen LogP contribution is -2.39. The molecule has 3 aromatic carbocycles. The number of halogens is 1. The molecule has 9 heteroatoms. The topological polar surface area (TPSA) is 110 Å². The van der Waals surface area contributed by atoms with Crippen molar-refractivity contribution in [3.8, 4) is 0 Å². The molecule has 0 aliphatic heterocycles. The number of benzene rings is 3. The summed E-state index contributed by atoms with van der Waals surface area (Å²) in [4.78, 5) is 24.2. The number of carbonyl (C=O) groups excluding carboxylic acids is 2. The smallest absolute Gasteiger partial charge is 0.264 e. The van der Waals surface area contributed by atoms with Gasteiger partial charge in [0.25, 0.3) is 15.9 Å². The largest absolute Gasteiger partial charge is 0.366 e. The summed E-state index contributed by atoms with van der Waals surface area (Å²) in [6, 6.07) is 17.3. The summed E-state index contributed by atoms with van der Waals surface area (Å²) in [6.45, 7) is 1.08. The maximum Gasteiger partial charge on any atom is 0.264 e. The van der Waals surface area contributed by atoms with Crippen LogP contribution in [-0.4, -0.2) is 26.8 Å². The van der Waals surface area contributed by atoms with E-state index in [9.17, 15) is 22.4 Å². The van der Waals surface area contributed by atoms with Gasteiger partial charge in [-0.25, -0.2) is 12.8 Å². The van der Waals surface area contributed by atoms with E-state index in [2.05, 4.69) is 5.32 Å². The van der Waals surface area contributed by atoms with Crippen LogP contribution in [0, 0.1) is 12.7 Å². The Bertz CT molecular complexity index is 1230. The molecule has 0 fully saturated rings. The zero-order valence-corrected chi connectivity index (χ0v) is 17.4. The van der Waals surface area contributed by atoms with E-state index in [0.717, 1.165) is 11.6 Å². The highest BCUT2D eigenvalue weighted by Crippen LogP contribution is 2.26. The minimum Gasteiger partial charge on any atom is -0.366 e. The number of sulfonamides is 1. The van der Waals surface area contributed by atoms with Crippen LogP contribution in [0.4, 0.5) is 15.8 Å². The van der Waals surface area contributed by atoms with Crippen molar-refractivity contribution >= 4 is 33.2 Å². The van der Waals surface area contributed by atoms with Crippen LogP contribution < -0.4 is 15.4 Å². The molecule has 3 N–H and O–H groups in total. The number of para-hydroxylation sites is 2. The molecule has 0 saturated carbocycles. The summed E-state index contributed by atoms with van der Waals surface area (Å²) in [5.74, 6) is -2.33. The fourth-order valence-electron chi connectivity index (χ4n) is 2.92. The third-order valence-electron chi connectivity index (χ3n) is 4.48. The van der Waals surface area contributed by atoms with Crippen LogP contribution in [0.15, 0.2) is 77.7 Å². The molecule has 0 atom stereocenters. The van der Waals surface area contributed by atoms with Crippen molar-refractivity contribution in [2.45, 2.75) is 11.8 Å². The maximum atomic E-state index is 14.5. The van der Waals surface area contributed by atoms with Crippen molar-refractivity contribution in [2.75, 3.05) is 16.2 Å². The molecular formula is C22H20FN3O4S. The van der Waals surface area contributed by atoms with Crippen molar-refractivity contribution in [2.24, 2.45) is 5.73 Å². The normalized spacial score (nSPS) is 11.0. The average molecular weight is 441 g/mol. The minimum absolute atomic E-state index is 0.0645. The predicted octanol–water partition coefficient (Wildman–Crippen LogP) is 3.07. The van der Waals surface area contributed by atoms with E-state index in [1.54, 1.807) is 31.2 Å². The summed E-state index contributed by atoms with van der Waals surface area (Å²) >= 11 is 0. The van der Waals surface area contributed by atoms with Gasteiger partial charge < -0.3 is 11.1 Å². The molecule has 0 heterocycles. The Hall–Kier alpha value is -3.72. The number of carbonyl (C=O) groups is 2. The van der Waals surface area contributed by atoms with Gasteiger partial charge in [0.15, 0.2) is 0 Å². The summed E-state index contributed by atoms with van der Waals surface area (Å²) < 4.78 is 41.7. The van der Waals surface area contributed by atoms with Gasteiger partial charge in [0.05, 0.1) is 21.8 Å². The first kappa shape index (κ1) is 22.0. The van der Waals surface area contributed by atoms with Gasteiger partial charge in [0.1, 0.15) is 12.4 Å². The van der Waals surface area contributed by atoms with Crippen molar-refractivity contribution in [3.05, 3.63) is 89.7 Å². The van der Waals surface area contributed by atoms with Crippen molar-refractivity contribution in [1.29, 1.82) is 0 Å². The molecule has 0 radical (unpaired) electrons. The summed E-state index contributed by atoms with van der Waals surface area (Å²) in [7, 11) is -4.27. The van der Waals surface area contributed by atoms with Gasteiger partial charge in [-0.05, 0) is 43.3 Å². The van der Waals surface area contributed by atoms with Gasteiger partial charge in [-0.15, -0.1) is 0 Å². The van der Waals surface area contributed by atoms with Crippen LogP contribution in [0.1, 0.15) is 15.9 Å². The van der Waals surface area contributed by atoms with Gasteiger partial charge in [-0.3, -0.25) is 13.9 Å². The fraction of sp³-hybridized carbons (Fsp3) is 0.0909. The number of nitrogens with one attached hydrogen (secondary N) is 1. The third kappa shape index (κ3) is 4.89. The van der Waals surface area contributed by atoms with Gasteiger partial charge in [0.2, 0.25) is 5.91 Å². The molecule has 0 aliphatic rings. The molecule has 0 unspecified atom stereocenters. The Morgan fingerprint density at radius 3 is 2.23 bits per heavy atom. The average Bonchev–Trinajstić information content (AvgIpc) is 2.73. The van der Waals surface area contributed by atoms with E-state index in [0.29, 0.717) is 4.31 Å². The third-order valence-corrected chi connectivity index (χ3v) is 6.26. The van der Waals surface area contributed by atoms with E-state index < -0.39 is 34.2 Å². The molecule has 0 saturated heterocycles. The molecule has 7 nitrogen and oxygen atoms in total. The molecule has 0 aromatic heterocycles. The van der Waals surface area contributed by atoms with Crippen molar-refractivity contribution < 1.29 is 22.4 Å². The molecule has 2 amide bonds. The number of hydrogen-bond acceptors (Lipinski definition) is 4. The van der Waals surface area contributed by atoms with Crippen LogP contribution in [0.25, 0.3) is 0 Å². The first-order valence-corrected chi connectivity index (χ1v) is 10.7. The first-order valence-electron chi connectivity index (χ1n) is 9.23. The van der Waals surface area contributed by atoms with Crippen LogP contribution in [0.3, 0.4) is 0 Å². The second-order valence-electron chi connectivity index (χ2n) is 6.73. The Kier molecular flexibility index (Phi) is 6.36. The minimum atomic E-state index is -4.27. The van der Waals surface area contributed by atoms with E-state index in [1.807, 2.05) is 0 Å². The maximum absolute atomic E-state index is 14.5. The van der Waals surface area contributed by atoms with Crippen LogP contribution in [-0.2, 0) is 14.8 Å². The van der Waals surface area contributed by atoms with Crippen LogP contribution in [0.5, 0.6) is 0 Å². The zero-order valence-electron chi connectivity index (χ0n) is 16.6. The second kappa shape index (κ2) is 8.97. The Morgan fingerprint density at radius 1 is 0.968 bits per heavy atom. The standard InChI is InChI=1S/C22H20FN3O4S/c1-15-10-12-16(13-11-15)31(29,30)26(20-9-5-3-7-18(20)23)14-21(27)25-19-8-4-2-6-17(19)22(24)28/h2-13H,14H2,1H3,(H2,24,28)(H,25,27). The Labute approximate surface area is 179 Å². The summed E-state index contributed by atoms with van der Waals surface area (Å²) in [6.07, 6.45) is 0. The number of aryl methyl sites for hydroxylation is 1. The van der Waals surface area contributed by atoms with E-state index in [1.165, 1.54) is 42.5 Å². The highest BCUT2D eigenvalue weighted by atomic mass is 32.2. The molecule has 3 rings (SSSR count). The highest BCUT2D eigenvalue weighted by molar-refractivity contribution is 7.92. The molecule has 0 aliphatic carbocycles. The fourth-order valence-corrected chi connectivity index (χ4v) is 4.35. The number of rotatable bonds is 7. The SMILES string of the molecule is Cc1ccc(S(=O)(=O)N(CC(=O)Nc2ccccc2C(N)=O)c2ccccc2F)cc1. The van der Waals surface area contributed by atoms with Gasteiger partial charge in [-0.2, -0.15) is 0 Å². The lowest BCUT2D eigenvalue weighted by Gasteiger charge is -2.24. The zero-order chi connectivity index (χ0) is 22.6. The van der Waals surface area contributed by atoms with Crippen molar-refractivity contribution in [1.82, 2.24) is 0 Å². The quantitative estimate of drug-likeness (QED) is 0.587. The number of nitrogens with two attached hydrogens (primary N) is 1. The lowest BCUT2D eigenvalue weighted by molar-refractivity contribution is -0.114. The van der Waals surface area contributed by atoms with Gasteiger partial charge >= 0.3 is 0 Å². The molecule has 160 valence electrons. The van der Waals surface area contributed by atoms with E-state index >= 15 is 0 Å². The number of amides is 2. The molecule has 31 heavy (non-hydrogen) atoms. The molecule has 0 bridgehead atoms. The summed E-state index contributed by atoms with van der Waals surface area (Å²) in [5.41, 5.74) is 6.07. The van der Waals surface area contributed by atoms with E-state index in [4.69, 9.17) is 5.73 Å². The predicted molar refractivity (Wildman–Crippen MR) is 116 cm³/mol. The number of primary amides is 1. The number of nitrogens with zero attached hydrogens (tertiary/aromatic N) is 1. The molecular weight excluding hydrogens is 421 g/mol. The first-order chi connectivity index (χ1) is 14.7. The van der Waals surface area contributed by atoms with E-state index in [-0.39, 0.29) is 21.8 Å². The van der Waals surface area contributed by atoms with Gasteiger partial charge in [-0.1, -0.05) is 42.0 Å². The molecule has 0 spiro atoms. The van der Waals surface area contributed by atoms with Crippen LogP contribution >= 0.6 is 0 Å². The number of hydrogen-bond donors (Lipinski definition) is 2. The monoisotopic (exact) mass is 441 g/mol. The Morgan fingerprint density at radius 2 is 1.58 bits per heavy atom. The second-order valence-corrected chi connectivity index (χ2v) is 8.60. The Balaban J connectivity index is 1.98. The summed E-state index contributed by atoms with van der Waals surface area (Å²) in [5, 5.41) is 2.48. The van der Waals surface area contributed by atoms with Gasteiger partial charge in [0, 0.05) is 0 Å². The molecule has 3 aromatic rings. The lowest BCUT2D eigenvalue weighted by atomic mass is 10.1.